The molecule has 3 nitrogen and oxygen atoms in total. The third-order valence-corrected chi connectivity index (χ3v) is 3.73. The highest BCUT2D eigenvalue weighted by atomic mass is 35.5. The van der Waals surface area contributed by atoms with Crippen molar-refractivity contribution >= 4 is 22.8 Å². The van der Waals surface area contributed by atoms with E-state index in [4.69, 9.17) is 11.6 Å². The minimum Gasteiger partial charge on any atom is -0.308 e. The van der Waals surface area contributed by atoms with Crippen LogP contribution in [-0.4, -0.2) is 14.5 Å². The van der Waals surface area contributed by atoms with Crippen LogP contribution < -0.4 is 0 Å². The van der Waals surface area contributed by atoms with Crippen molar-refractivity contribution in [2.24, 2.45) is 5.92 Å². The van der Waals surface area contributed by atoms with E-state index < -0.39 is 0 Å². The van der Waals surface area contributed by atoms with Crippen molar-refractivity contribution in [1.29, 1.82) is 0 Å². The van der Waals surface area contributed by atoms with Crippen LogP contribution in [0.2, 0.25) is 0 Å². The van der Waals surface area contributed by atoms with E-state index in [1.54, 1.807) is 0 Å². The first-order valence-corrected chi connectivity index (χ1v) is 6.84. The fourth-order valence-electron chi connectivity index (χ4n) is 2.11. The zero-order valence-electron chi connectivity index (χ0n) is 11.6. The highest BCUT2D eigenvalue weighted by Gasteiger charge is 2.22. The number of aromatic nitrogens is 3. The molecule has 2 unspecified atom stereocenters. The van der Waals surface area contributed by atoms with Crippen molar-refractivity contribution in [3.63, 3.8) is 0 Å². The summed E-state index contributed by atoms with van der Waals surface area (Å²) in [5.74, 6) is 1.42. The van der Waals surface area contributed by atoms with Crippen LogP contribution in [-0.2, 0) is 0 Å². The van der Waals surface area contributed by atoms with Crippen LogP contribution in [0, 0.1) is 12.8 Å². The van der Waals surface area contributed by atoms with Gasteiger partial charge in [-0.2, -0.15) is 0 Å². The molecule has 98 valence electrons. The van der Waals surface area contributed by atoms with Gasteiger partial charge in [-0.1, -0.05) is 13.8 Å². The number of imidazole rings is 1. The molecule has 0 aliphatic rings. The maximum Gasteiger partial charge on any atom is 0.160 e. The quantitative estimate of drug-likeness (QED) is 0.777. The Bertz CT molecular complexity index is 557. The minimum absolute atomic E-state index is 0.111. The molecule has 0 aliphatic heterocycles. The second-order valence-electron chi connectivity index (χ2n) is 5.24. The first kappa shape index (κ1) is 13.3. The van der Waals surface area contributed by atoms with Gasteiger partial charge >= 0.3 is 0 Å². The number of alkyl halides is 1. The summed E-state index contributed by atoms with van der Waals surface area (Å²) in [7, 11) is 0. The molecule has 2 atom stereocenters. The Labute approximate surface area is 113 Å². The van der Waals surface area contributed by atoms with Gasteiger partial charge < -0.3 is 4.57 Å². The highest BCUT2D eigenvalue weighted by Crippen LogP contribution is 2.30. The molecule has 0 aliphatic carbocycles. The topological polar surface area (TPSA) is 30.7 Å². The molecule has 0 fully saturated rings. The number of rotatable bonds is 3. The van der Waals surface area contributed by atoms with E-state index in [1.807, 2.05) is 19.2 Å². The average Bonchev–Trinajstić information content (AvgIpc) is 2.68. The van der Waals surface area contributed by atoms with Crippen molar-refractivity contribution in [2.45, 2.75) is 46.0 Å². The second-order valence-corrected chi connectivity index (χ2v) is 5.90. The Morgan fingerprint density at radius 3 is 2.44 bits per heavy atom. The summed E-state index contributed by atoms with van der Waals surface area (Å²) in [6, 6.07) is 2.32. The van der Waals surface area contributed by atoms with Gasteiger partial charge in [0.2, 0.25) is 0 Å². The van der Waals surface area contributed by atoms with Crippen LogP contribution in [0.15, 0.2) is 12.3 Å². The summed E-state index contributed by atoms with van der Waals surface area (Å²) in [4.78, 5) is 9.17. The standard InChI is InChI=1S/C14H20ClN3/c1-8(2)11(5)18-13(10(4)15)17-12-9(3)6-7-16-14(12)18/h6-8,10-11H,1-5H3. The molecule has 4 heteroatoms. The molecule has 2 rings (SSSR count). The summed E-state index contributed by atoms with van der Waals surface area (Å²) in [5.41, 5.74) is 3.06. The van der Waals surface area contributed by atoms with Gasteiger partial charge in [-0.05, 0) is 38.3 Å². The van der Waals surface area contributed by atoms with Crippen LogP contribution in [0.3, 0.4) is 0 Å². The molecule has 2 aromatic rings. The van der Waals surface area contributed by atoms with Crippen LogP contribution in [0.1, 0.15) is 50.5 Å². The summed E-state index contributed by atoms with van der Waals surface area (Å²) in [6.07, 6.45) is 1.84. The fraction of sp³-hybridized carbons (Fsp3) is 0.571. The van der Waals surface area contributed by atoms with E-state index in [-0.39, 0.29) is 5.38 Å². The van der Waals surface area contributed by atoms with Crippen molar-refractivity contribution in [1.82, 2.24) is 14.5 Å². The normalized spacial score (nSPS) is 15.3. The molecule has 2 aromatic heterocycles. The zero-order chi connectivity index (χ0) is 13.4. The number of hydrogen-bond acceptors (Lipinski definition) is 2. The van der Waals surface area contributed by atoms with Gasteiger partial charge in [0.25, 0.3) is 0 Å². The number of aryl methyl sites for hydroxylation is 1. The van der Waals surface area contributed by atoms with E-state index in [2.05, 4.69) is 42.2 Å². The Kier molecular flexibility index (Phi) is 3.62. The van der Waals surface area contributed by atoms with Gasteiger partial charge in [-0.25, -0.2) is 9.97 Å². The Balaban J connectivity index is 2.75. The third kappa shape index (κ3) is 2.12. The number of fused-ring (bicyclic) bond motifs is 1. The molecule has 0 saturated carbocycles. The lowest BCUT2D eigenvalue weighted by Gasteiger charge is -2.21. The highest BCUT2D eigenvalue weighted by molar-refractivity contribution is 6.20. The molecule has 0 N–H and O–H groups in total. The van der Waals surface area contributed by atoms with Gasteiger partial charge in [0, 0.05) is 12.2 Å². The fourth-order valence-corrected chi connectivity index (χ4v) is 2.26. The molecular formula is C14H20ClN3. The summed E-state index contributed by atoms with van der Waals surface area (Å²) in [5, 5.41) is -0.111. The average molecular weight is 266 g/mol. The van der Waals surface area contributed by atoms with Gasteiger partial charge in [0.15, 0.2) is 5.65 Å². The van der Waals surface area contributed by atoms with E-state index in [9.17, 15) is 0 Å². The Morgan fingerprint density at radius 2 is 1.89 bits per heavy atom. The maximum absolute atomic E-state index is 6.27. The predicted molar refractivity (Wildman–Crippen MR) is 76.1 cm³/mol. The van der Waals surface area contributed by atoms with Crippen molar-refractivity contribution in [3.8, 4) is 0 Å². The van der Waals surface area contributed by atoms with Crippen LogP contribution in [0.4, 0.5) is 0 Å². The molecule has 0 spiro atoms. The molecular weight excluding hydrogens is 246 g/mol. The lowest BCUT2D eigenvalue weighted by molar-refractivity contribution is 0.404. The largest absolute Gasteiger partial charge is 0.308 e. The molecule has 2 heterocycles. The van der Waals surface area contributed by atoms with E-state index in [0.717, 1.165) is 22.6 Å². The summed E-state index contributed by atoms with van der Waals surface area (Å²) >= 11 is 6.27. The van der Waals surface area contributed by atoms with E-state index in [0.29, 0.717) is 12.0 Å². The van der Waals surface area contributed by atoms with E-state index >= 15 is 0 Å². The smallest absolute Gasteiger partial charge is 0.160 e. The number of pyridine rings is 1. The van der Waals surface area contributed by atoms with Gasteiger partial charge in [-0.3, -0.25) is 0 Å². The van der Waals surface area contributed by atoms with Crippen LogP contribution in [0.5, 0.6) is 0 Å². The monoisotopic (exact) mass is 265 g/mol. The van der Waals surface area contributed by atoms with Crippen LogP contribution in [0.25, 0.3) is 11.2 Å². The lowest BCUT2D eigenvalue weighted by Crippen LogP contribution is -2.15. The van der Waals surface area contributed by atoms with Gasteiger partial charge in [0.1, 0.15) is 11.3 Å². The summed E-state index contributed by atoms with van der Waals surface area (Å²) in [6.45, 7) is 10.6. The third-order valence-electron chi connectivity index (χ3n) is 3.54. The minimum atomic E-state index is -0.111. The molecule has 0 aromatic carbocycles. The van der Waals surface area contributed by atoms with Gasteiger partial charge in [-0.15, -0.1) is 11.6 Å². The first-order valence-electron chi connectivity index (χ1n) is 6.41. The maximum atomic E-state index is 6.27. The molecule has 0 bridgehead atoms. The van der Waals surface area contributed by atoms with Crippen molar-refractivity contribution in [3.05, 3.63) is 23.7 Å². The van der Waals surface area contributed by atoms with Gasteiger partial charge in [0.05, 0.1) is 5.38 Å². The lowest BCUT2D eigenvalue weighted by atomic mass is 10.1. The molecule has 18 heavy (non-hydrogen) atoms. The molecule has 0 saturated heterocycles. The number of nitrogens with zero attached hydrogens (tertiary/aromatic N) is 3. The Morgan fingerprint density at radius 1 is 1.22 bits per heavy atom. The first-order chi connectivity index (χ1) is 8.43. The zero-order valence-corrected chi connectivity index (χ0v) is 12.4. The second kappa shape index (κ2) is 4.88. The van der Waals surface area contributed by atoms with E-state index in [1.165, 1.54) is 0 Å². The SMILES string of the molecule is Cc1ccnc2c1nc(C(C)Cl)n2C(C)C(C)C. The number of hydrogen-bond donors (Lipinski definition) is 0. The Hall–Kier alpha value is -1.09. The van der Waals surface area contributed by atoms with Crippen LogP contribution >= 0.6 is 11.6 Å². The van der Waals surface area contributed by atoms with Crippen molar-refractivity contribution in [2.75, 3.05) is 0 Å². The molecule has 0 radical (unpaired) electrons. The number of halogens is 1. The van der Waals surface area contributed by atoms with Crippen molar-refractivity contribution < 1.29 is 0 Å². The summed E-state index contributed by atoms with van der Waals surface area (Å²) < 4.78 is 2.19. The predicted octanol–water partition coefficient (Wildman–Crippen LogP) is 4.26. The molecule has 0 amide bonds.